The molecule has 0 spiro atoms. The predicted octanol–water partition coefficient (Wildman–Crippen LogP) is 7.45. The summed E-state index contributed by atoms with van der Waals surface area (Å²) in [4.78, 5) is 28.8. The number of carbonyl (C=O) groups is 2. The van der Waals surface area contributed by atoms with Crippen LogP contribution in [0.15, 0.2) is 41.5 Å². The quantitative estimate of drug-likeness (QED) is 0.111. The van der Waals surface area contributed by atoms with Crippen LogP contribution in [-0.2, 0) is 20.7 Å². The van der Waals surface area contributed by atoms with Crippen LogP contribution >= 0.6 is 34.5 Å². The van der Waals surface area contributed by atoms with Crippen LogP contribution in [0.1, 0.15) is 48.2 Å². The number of amides is 1. The zero-order chi connectivity index (χ0) is 29.2. The molecule has 0 aliphatic heterocycles. The van der Waals surface area contributed by atoms with Crippen LogP contribution in [0, 0.1) is 5.92 Å². The van der Waals surface area contributed by atoms with Crippen LogP contribution < -0.4 is 10.1 Å². The van der Waals surface area contributed by atoms with Gasteiger partial charge in [0.25, 0.3) is 5.91 Å². The Morgan fingerprint density at radius 2 is 1.88 bits per heavy atom. The molecule has 1 amide bonds. The fourth-order valence-electron chi connectivity index (χ4n) is 3.92. The molecule has 214 valence electrons. The highest BCUT2D eigenvalue weighted by Crippen LogP contribution is 2.35. The minimum atomic E-state index is -1.27. The van der Waals surface area contributed by atoms with Crippen molar-refractivity contribution in [2.24, 2.45) is 5.92 Å². The van der Waals surface area contributed by atoms with E-state index in [1.165, 1.54) is 36.7 Å². The lowest BCUT2D eigenvalue weighted by Gasteiger charge is -2.13. The number of hydrogen-bond donors (Lipinski definition) is 2. The number of carboxylic acid groups (broad SMARTS) is 1. The number of aliphatic carboxylic acids is 1. The third-order valence-corrected chi connectivity index (χ3v) is 7.32. The first-order valence-electron chi connectivity index (χ1n) is 12.6. The van der Waals surface area contributed by atoms with E-state index in [1.54, 1.807) is 7.11 Å². The van der Waals surface area contributed by atoms with Crippen molar-refractivity contribution < 1.29 is 28.9 Å². The molecule has 0 saturated carbocycles. The second-order valence-corrected chi connectivity index (χ2v) is 10.9. The van der Waals surface area contributed by atoms with Crippen LogP contribution in [0.25, 0.3) is 17.3 Å². The molecule has 0 fully saturated rings. The molecule has 1 aromatic heterocycles. The number of carboxylic acids is 1. The monoisotopic (exact) mass is 606 g/mol. The van der Waals surface area contributed by atoms with Gasteiger partial charge in [0, 0.05) is 28.7 Å². The lowest BCUT2D eigenvalue weighted by Crippen LogP contribution is -2.12. The number of halogens is 2. The summed E-state index contributed by atoms with van der Waals surface area (Å²) in [6.45, 7) is 5.74. The fraction of sp³-hybridized carbons (Fsp3) is 0.345. The number of rotatable bonds is 14. The van der Waals surface area contributed by atoms with E-state index >= 15 is 0 Å². The highest BCUT2D eigenvalue weighted by Gasteiger charge is 2.18. The minimum absolute atomic E-state index is 0.0960. The maximum absolute atomic E-state index is 12.9. The zero-order valence-corrected chi connectivity index (χ0v) is 25.1. The molecule has 0 unspecified atom stereocenters. The maximum atomic E-state index is 12.9. The molecule has 0 saturated heterocycles. The number of nitrogens with zero attached hydrogens (tertiary/aromatic N) is 1. The smallest absolute Gasteiger partial charge is 0.371 e. The van der Waals surface area contributed by atoms with Crippen LogP contribution in [0.5, 0.6) is 5.75 Å². The van der Waals surface area contributed by atoms with Gasteiger partial charge in [-0.05, 0) is 55.0 Å². The Hall–Kier alpha value is -3.11. The zero-order valence-electron chi connectivity index (χ0n) is 22.8. The van der Waals surface area contributed by atoms with Gasteiger partial charge >= 0.3 is 5.97 Å². The first kappa shape index (κ1) is 31.4. The number of carbonyl (C=O) groups excluding carboxylic acids is 1. The molecule has 11 heteroatoms. The second-order valence-electron chi connectivity index (χ2n) is 9.26. The van der Waals surface area contributed by atoms with E-state index in [0.29, 0.717) is 29.8 Å². The van der Waals surface area contributed by atoms with Gasteiger partial charge in [-0.3, -0.25) is 10.1 Å². The lowest BCUT2D eigenvalue weighted by atomic mass is 10.0. The van der Waals surface area contributed by atoms with Crippen molar-refractivity contribution in [3.63, 3.8) is 0 Å². The predicted molar refractivity (Wildman–Crippen MR) is 160 cm³/mol. The normalized spacial score (nSPS) is 11.5. The van der Waals surface area contributed by atoms with Crippen molar-refractivity contribution in [1.29, 1.82) is 0 Å². The van der Waals surface area contributed by atoms with Gasteiger partial charge in [-0.2, -0.15) is 0 Å². The van der Waals surface area contributed by atoms with Crippen molar-refractivity contribution >= 4 is 57.6 Å². The van der Waals surface area contributed by atoms with Crippen molar-refractivity contribution in [3.05, 3.63) is 68.2 Å². The average molecular weight is 608 g/mol. The van der Waals surface area contributed by atoms with Gasteiger partial charge in [0.15, 0.2) is 5.13 Å². The molecule has 2 aromatic carbocycles. The summed E-state index contributed by atoms with van der Waals surface area (Å²) in [5.74, 6) is -0.702. The Bertz CT molecular complexity index is 1350. The van der Waals surface area contributed by atoms with Crippen molar-refractivity contribution in [2.75, 3.05) is 32.8 Å². The van der Waals surface area contributed by atoms with E-state index in [1.807, 2.05) is 23.6 Å². The molecule has 8 nitrogen and oxygen atoms in total. The fourth-order valence-corrected chi connectivity index (χ4v) is 5.22. The van der Waals surface area contributed by atoms with E-state index < -0.39 is 11.9 Å². The number of ether oxygens (including phenoxy) is 3. The highest BCUT2D eigenvalue weighted by molar-refractivity contribution is 7.14. The summed E-state index contributed by atoms with van der Waals surface area (Å²) in [5.41, 5.74) is 2.90. The minimum Gasteiger partial charge on any atom is -0.496 e. The largest absolute Gasteiger partial charge is 0.496 e. The number of methoxy groups -OCH3 is 2. The molecule has 0 bridgehead atoms. The summed E-state index contributed by atoms with van der Waals surface area (Å²) in [6.07, 6.45) is 4.09. The molecular formula is C29H32Cl2N2O6S. The van der Waals surface area contributed by atoms with Crippen molar-refractivity contribution in [2.45, 2.75) is 33.1 Å². The van der Waals surface area contributed by atoms with Gasteiger partial charge < -0.3 is 19.3 Å². The van der Waals surface area contributed by atoms with E-state index in [4.69, 9.17) is 37.4 Å². The van der Waals surface area contributed by atoms with Gasteiger partial charge in [-0.15, -0.1) is 11.3 Å². The number of benzene rings is 2. The standard InChI is InChI=1S/C29H32Cl2N2O6S/c1-17(2)7-6-11-39-12-10-18-8-5-9-20(26(18)38-4)24-16-40-29(32-24)33-27(34)19-13-22(30)21(23(31)14-19)15-25(37-3)28(35)36/h5,8-9,13-17H,6-7,10-12H2,1-4H3,(H,35,36)(H,32,33,34)/b25-15-. The number of anilines is 1. The van der Waals surface area contributed by atoms with Crippen molar-refractivity contribution in [1.82, 2.24) is 4.98 Å². The van der Waals surface area contributed by atoms with E-state index in [0.717, 1.165) is 36.3 Å². The Kier molecular flexibility index (Phi) is 11.8. The summed E-state index contributed by atoms with van der Waals surface area (Å²) in [7, 11) is 2.85. The SMILES string of the molecule is CO/C(=C\c1c(Cl)cc(C(=O)Nc2nc(-c3cccc(CCOCCCC(C)C)c3OC)cs2)cc1Cl)C(=O)O. The average Bonchev–Trinajstić information content (AvgIpc) is 3.37. The molecule has 0 radical (unpaired) electrons. The van der Waals surface area contributed by atoms with Crippen molar-refractivity contribution in [3.8, 4) is 17.0 Å². The number of nitrogens with one attached hydrogen (secondary N) is 1. The second kappa shape index (κ2) is 15.0. The highest BCUT2D eigenvalue weighted by atomic mass is 35.5. The molecule has 0 atom stereocenters. The van der Waals surface area contributed by atoms with E-state index in [-0.39, 0.29) is 26.9 Å². The third-order valence-electron chi connectivity index (χ3n) is 5.93. The lowest BCUT2D eigenvalue weighted by molar-refractivity contribution is -0.135. The number of aromatic nitrogens is 1. The maximum Gasteiger partial charge on any atom is 0.371 e. The first-order valence-corrected chi connectivity index (χ1v) is 14.3. The van der Waals surface area contributed by atoms with Crippen LogP contribution in [0.3, 0.4) is 0 Å². The van der Waals surface area contributed by atoms with Gasteiger partial charge in [-0.1, -0.05) is 49.2 Å². The molecular weight excluding hydrogens is 575 g/mol. The third kappa shape index (κ3) is 8.44. The molecule has 0 aliphatic carbocycles. The van der Waals surface area contributed by atoms with Gasteiger partial charge in [-0.25, -0.2) is 9.78 Å². The Balaban J connectivity index is 1.72. The number of thiazole rings is 1. The molecule has 3 rings (SSSR count). The van der Waals surface area contributed by atoms with E-state index in [9.17, 15) is 14.7 Å². The molecule has 2 N–H and O–H groups in total. The van der Waals surface area contributed by atoms with Gasteiger partial charge in [0.05, 0.1) is 36.6 Å². The Morgan fingerprint density at radius 3 is 2.50 bits per heavy atom. The van der Waals surface area contributed by atoms with Crippen LogP contribution in [-0.4, -0.2) is 49.4 Å². The Labute approximate surface area is 247 Å². The van der Waals surface area contributed by atoms with Crippen LogP contribution in [0.4, 0.5) is 5.13 Å². The number of hydrogen-bond acceptors (Lipinski definition) is 7. The molecule has 0 aliphatic rings. The van der Waals surface area contributed by atoms with Crippen LogP contribution in [0.2, 0.25) is 10.0 Å². The summed E-state index contributed by atoms with van der Waals surface area (Å²) >= 11 is 13.9. The topological polar surface area (TPSA) is 107 Å². The molecule has 3 aromatic rings. The molecule has 1 heterocycles. The molecule has 40 heavy (non-hydrogen) atoms. The summed E-state index contributed by atoms with van der Waals surface area (Å²) < 4.78 is 16.4. The van der Waals surface area contributed by atoms with Gasteiger partial charge in [0.2, 0.25) is 5.76 Å². The Morgan fingerprint density at radius 1 is 1.15 bits per heavy atom. The summed E-state index contributed by atoms with van der Waals surface area (Å²) in [5, 5.41) is 14.3. The van der Waals surface area contributed by atoms with Gasteiger partial charge in [0.1, 0.15) is 5.75 Å². The summed E-state index contributed by atoms with van der Waals surface area (Å²) in [6, 6.07) is 8.67. The number of para-hydroxylation sites is 1. The van der Waals surface area contributed by atoms with E-state index in [2.05, 4.69) is 24.1 Å². The first-order chi connectivity index (χ1) is 19.1.